The number of amides is 1. The Hall–Kier alpha value is -1.33. The van der Waals surface area contributed by atoms with Crippen LogP contribution < -0.4 is 10.9 Å². The first-order chi connectivity index (χ1) is 9.99. The van der Waals surface area contributed by atoms with E-state index in [1.807, 2.05) is 0 Å². The molecule has 0 aromatic carbocycles. The summed E-state index contributed by atoms with van der Waals surface area (Å²) in [6.45, 7) is 7.15. The molecule has 1 aromatic rings. The van der Waals surface area contributed by atoms with Crippen molar-refractivity contribution in [3.8, 4) is 0 Å². The van der Waals surface area contributed by atoms with Crippen molar-refractivity contribution in [1.82, 2.24) is 15.2 Å². The summed E-state index contributed by atoms with van der Waals surface area (Å²) in [5.41, 5.74) is -0.00568. The summed E-state index contributed by atoms with van der Waals surface area (Å²) in [7, 11) is 0. The van der Waals surface area contributed by atoms with Gasteiger partial charge in [-0.2, -0.15) is 0 Å². The van der Waals surface area contributed by atoms with E-state index in [2.05, 4.69) is 29.0 Å². The molecule has 2 rings (SSSR count). The first-order valence-electron chi connectivity index (χ1n) is 7.39. The Balaban J connectivity index is 1.97. The van der Waals surface area contributed by atoms with E-state index in [1.165, 1.54) is 25.1 Å². The van der Waals surface area contributed by atoms with Crippen LogP contribution >= 0.6 is 11.6 Å². The average molecular weight is 312 g/mol. The van der Waals surface area contributed by atoms with Gasteiger partial charge >= 0.3 is 0 Å². The SMILES string of the molecule is CC(C)[C@H](CNC(=O)c1c[nH]c(=O)c(Cl)c1)N1CCCC1. The van der Waals surface area contributed by atoms with Crippen LogP contribution in [-0.4, -0.2) is 41.5 Å². The zero-order valence-electron chi connectivity index (χ0n) is 12.5. The lowest BCUT2D eigenvalue weighted by atomic mass is 10.0. The van der Waals surface area contributed by atoms with Crippen molar-refractivity contribution < 1.29 is 4.79 Å². The smallest absolute Gasteiger partial charge is 0.266 e. The topological polar surface area (TPSA) is 65.2 Å². The van der Waals surface area contributed by atoms with Crippen LogP contribution in [0.5, 0.6) is 0 Å². The molecule has 0 saturated carbocycles. The number of aromatic nitrogens is 1. The predicted octanol–water partition coefficient (Wildman–Crippen LogP) is 1.88. The van der Waals surface area contributed by atoms with E-state index < -0.39 is 0 Å². The van der Waals surface area contributed by atoms with Crippen LogP contribution in [0.2, 0.25) is 5.02 Å². The molecule has 1 amide bonds. The third kappa shape index (κ3) is 4.08. The number of carbonyl (C=O) groups is 1. The molecule has 1 aromatic heterocycles. The van der Waals surface area contributed by atoms with Crippen molar-refractivity contribution in [2.45, 2.75) is 32.7 Å². The molecule has 1 saturated heterocycles. The molecule has 1 fully saturated rings. The Morgan fingerprint density at radius 1 is 1.43 bits per heavy atom. The maximum atomic E-state index is 12.1. The summed E-state index contributed by atoms with van der Waals surface area (Å²) in [4.78, 5) is 28.2. The molecule has 1 aliphatic heterocycles. The van der Waals surface area contributed by atoms with Crippen LogP contribution in [0.25, 0.3) is 0 Å². The number of aromatic amines is 1. The molecule has 2 N–H and O–H groups in total. The number of carbonyl (C=O) groups excluding carboxylic acids is 1. The number of H-pyrrole nitrogens is 1. The molecular formula is C15H22ClN3O2. The quantitative estimate of drug-likeness (QED) is 0.872. The fraction of sp³-hybridized carbons (Fsp3) is 0.600. The molecule has 0 unspecified atom stereocenters. The van der Waals surface area contributed by atoms with Crippen molar-refractivity contribution >= 4 is 17.5 Å². The average Bonchev–Trinajstić information content (AvgIpc) is 2.95. The lowest BCUT2D eigenvalue weighted by Crippen LogP contribution is -2.45. The van der Waals surface area contributed by atoms with Gasteiger partial charge in [0.15, 0.2) is 0 Å². The second-order valence-corrected chi connectivity index (χ2v) is 6.24. The maximum Gasteiger partial charge on any atom is 0.266 e. The number of rotatable bonds is 5. The summed E-state index contributed by atoms with van der Waals surface area (Å²) in [5, 5.41) is 2.97. The van der Waals surface area contributed by atoms with Crippen LogP contribution in [0.1, 0.15) is 37.0 Å². The molecular weight excluding hydrogens is 290 g/mol. The molecule has 1 aliphatic rings. The van der Waals surface area contributed by atoms with E-state index in [-0.39, 0.29) is 16.5 Å². The van der Waals surface area contributed by atoms with Crippen LogP contribution in [0.3, 0.4) is 0 Å². The lowest BCUT2D eigenvalue weighted by Gasteiger charge is -2.31. The molecule has 0 aliphatic carbocycles. The van der Waals surface area contributed by atoms with Crippen molar-refractivity contribution in [2.24, 2.45) is 5.92 Å². The van der Waals surface area contributed by atoms with E-state index in [0.717, 1.165) is 13.1 Å². The fourth-order valence-electron chi connectivity index (χ4n) is 2.75. The Kier molecular flexibility index (Phi) is 5.42. The van der Waals surface area contributed by atoms with Gasteiger partial charge in [-0.3, -0.25) is 14.5 Å². The number of hydrogen-bond acceptors (Lipinski definition) is 3. The second kappa shape index (κ2) is 7.09. The van der Waals surface area contributed by atoms with Gasteiger partial charge in [-0.1, -0.05) is 25.4 Å². The highest BCUT2D eigenvalue weighted by molar-refractivity contribution is 6.30. The van der Waals surface area contributed by atoms with Crippen molar-refractivity contribution in [1.29, 1.82) is 0 Å². The van der Waals surface area contributed by atoms with E-state index in [1.54, 1.807) is 0 Å². The maximum absolute atomic E-state index is 12.1. The largest absolute Gasteiger partial charge is 0.350 e. The van der Waals surface area contributed by atoms with Crippen LogP contribution in [0.4, 0.5) is 0 Å². The highest BCUT2D eigenvalue weighted by Crippen LogP contribution is 2.17. The summed E-state index contributed by atoms with van der Waals surface area (Å²) in [5.74, 6) is 0.264. The van der Waals surface area contributed by atoms with Gasteiger partial charge in [0.25, 0.3) is 11.5 Å². The molecule has 21 heavy (non-hydrogen) atoms. The fourth-order valence-corrected chi connectivity index (χ4v) is 2.92. The molecule has 1 atom stereocenters. The molecule has 116 valence electrons. The minimum absolute atomic E-state index is 0.0302. The predicted molar refractivity (Wildman–Crippen MR) is 83.8 cm³/mol. The summed E-state index contributed by atoms with van der Waals surface area (Å²) >= 11 is 5.74. The van der Waals surface area contributed by atoms with Crippen molar-refractivity contribution in [3.63, 3.8) is 0 Å². The minimum Gasteiger partial charge on any atom is -0.350 e. The van der Waals surface area contributed by atoms with Crippen molar-refractivity contribution in [3.05, 3.63) is 33.2 Å². The number of likely N-dealkylation sites (tertiary alicyclic amines) is 1. The van der Waals surface area contributed by atoms with E-state index in [4.69, 9.17) is 11.6 Å². The van der Waals surface area contributed by atoms with Crippen LogP contribution in [-0.2, 0) is 0 Å². The number of pyridine rings is 1. The van der Waals surface area contributed by atoms with E-state index in [9.17, 15) is 9.59 Å². The summed E-state index contributed by atoms with van der Waals surface area (Å²) in [6, 6.07) is 1.74. The standard InChI is InChI=1S/C15H22ClN3O2/c1-10(2)13(19-5-3-4-6-19)9-18-14(20)11-7-12(16)15(21)17-8-11/h7-8,10,13H,3-6,9H2,1-2H3,(H,17,21)(H,18,20)/t13-/m0/s1. The molecule has 0 radical (unpaired) electrons. The van der Waals surface area contributed by atoms with Gasteiger partial charge in [0.2, 0.25) is 0 Å². The molecule has 2 heterocycles. The first kappa shape index (κ1) is 16.0. The zero-order chi connectivity index (χ0) is 15.4. The van der Waals surface area contributed by atoms with Gasteiger partial charge in [-0.25, -0.2) is 0 Å². The van der Waals surface area contributed by atoms with Crippen LogP contribution in [0.15, 0.2) is 17.1 Å². The molecule has 0 bridgehead atoms. The summed E-state index contributed by atoms with van der Waals surface area (Å²) < 4.78 is 0. The number of nitrogens with one attached hydrogen (secondary N) is 2. The third-order valence-corrected chi connectivity index (χ3v) is 4.25. The van der Waals surface area contributed by atoms with Crippen LogP contribution in [0, 0.1) is 5.92 Å². The van der Waals surface area contributed by atoms with Gasteiger partial charge in [-0.05, 0) is 37.9 Å². The summed E-state index contributed by atoms with van der Waals surface area (Å²) in [6.07, 6.45) is 3.85. The van der Waals surface area contributed by atoms with Gasteiger partial charge in [-0.15, -0.1) is 0 Å². The first-order valence-corrected chi connectivity index (χ1v) is 7.77. The number of hydrogen-bond donors (Lipinski definition) is 2. The minimum atomic E-state index is -0.384. The van der Waals surface area contributed by atoms with Gasteiger partial charge in [0.05, 0.1) is 5.56 Å². The highest BCUT2D eigenvalue weighted by Gasteiger charge is 2.25. The number of nitrogens with zero attached hydrogens (tertiary/aromatic N) is 1. The van der Waals surface area contributed by atoms with E-state index in [0.29, 0.717) is 24.1 Å². The lowest BCUT2D eigenvalue weighted by molar-refractivity contribution is 0.0927. The highest BCUT2D eigenvalue weighted by atomic mass is 35.5. The molecule has 6 heteroatoms. The number of halogens is 1. The molecule has 0 spiro atoms. The van der Waals surface area contributed by atoms with Crippen molar-refractivity contribution in [2.75, 3.05) is 19.6 Å². The second-order valence-electron chi connectivity index (χ2n) is 5.83. The monoisotopic (exact) mass is 311 g/mol. The van der Waals surface area contributed by atoms with Gasteiger partial charge in [0.1, 0.15) is 5.02 Å². The van der Waals surface area contributed by atoms with Gasteiger partial charge < -0.3 is 10.3 Å². The van der Waals surface area contributed by atoms with E-state index >= 15 is 0 Å². The third-order valence-electron chi connectivity index (χ3n) is 3.97. The Labute approximate surface area is 129 Å². The Morgan fingerprint density at radius 3 is 2.67 bits per heavy atom. The normalized spacial score (nSPS) is 17.1. The Morgan fingerprint density at radius 2 is 2.10 bits per heavy atom. The zero-order valence-corrected chi connectivity index (χ0v) is 13.2. The Bertz CT molecular complexity index is 550. The molecule has 5 nitrogen and oxygen atoms in total. The van der Waals surface area contributed by atoms with Gasteiger partial charge in [0, 0.05) is 18.8 Å².